The molecule has 0 spiro atoms. The Labute approximate surface area is 152 Å². The highest BCUT2D eigenvalue weighted by molar-refractivity contribution is 6.39. The molecule has 0 saturated heterocycles. The predicted octanol–water partition coefficient (Wildman–Crippen LogP) is 3.23. The van der Waals surface area contributed by atoms with E-state index in [1.54, 1.807) is 12.1 Å². The molecule has 1 heterocycles. The number of aryl methyl sites for hydroxylation is 1. The van der Waals surface area contributed by atoms with Crippen molar-refractivity contribution in [3.63, 3.8) is 0 Å². The molecule has 5 nitrogen and oxygen atoms in total. The molecule has 5 heteroatoms. The summed E-state index contributed by atoms with van der Waals surface area (Å²) in [6.07, 6.45) is 0. The molecule has 0 atom stereocenters. The zero-order valence-electron chi connectivity index (χ0n) is 14.3. The van der Waals surface area contributed by atoms with Crippen LogP contribution in [0.2, 0.25) is 0 Å². The molecule has 3 aromatic rings. The minimum atomic E-state index is -0.750. The minimum Gasteiger partial charge on any atom is -0.337 e. The van der Waals surface area contributed by atoms with Crippen LogP contribution in [0.15, 0.2) is 78.9 Å². The van der Waals surface area contributed by atoms with Gasteiger partial charge < -0.3 is 10.6 Å². The highest BCUT2D eigenvalue weighted by Crippen LogP contribution is 2.21. The second-order valence-electron chi connectivity index (χ2n) is 5.85. The molecule has 2 aromatic carbocycles. The third-order valence-corrected chi connectivity index (χ3v) is 3.88. The monoisotopic (exact) mass is 345 g/mol. The first-order chi connectivity index (χ1) is 12.6. The molecule has 26 heavy (non-hydrogen) atoms. The summed E-state index contributed by atoms with van der Waals surface area (Å²) in [6, 6.07) is 23.9. The first kappa shape index (κ1) is 17.4. The van der Waals surface area contributed by atoms with E-state index in [0.717, 1.165) is 16.8 Å². The maximum atomic E-state index is 12.4. The molecular weight excluding hydrogens is 326 g/mol. The van der Waals surface area contributed by atoms with Gasteiger partial charge in [0.25, 0.3) is 0 Å². The van der Waals surface area contributed by atoms with Gasteiger partial charge in [0.15, 0.2) is 0 Å². The fraction of sp³-hybridized carbons (Fsp3) is 0.0952. The van der Waals surface area contributed by atoms with E-state index in [9.17, 15) is 9.59 Å². The number of benzene rings is 2. The van der Waals surface area contributed by atoms with Crippen molar-refractivity contribution in [3.05, 3.63) is 95.7 Å². The van der Waals surface area contributed by atoms with Crippen molar-refractivity contribution in [2.75, 3.05) is 5.32 Å². The summed E-state index contributed by atoms with van der Waals surface area (Å²) in [7, 11) is 0. The smallest absolute Gasteiger partial charge is 0.314 e. The standard InChI is InChI=1S/C21H19N3O2/c1-15-9-8-14-18(22-15)23-20(25)21(26)24-19(16-10-4-2-5-11-16)17-12-6-3-7-13-17/h2-14,19H,1H3,(H,24,26)(H,22,23,25). The second-order valence-corrected chi connectivity index (χ2v) is 5.85. The van der Waals surface area contributed by atoms with E-state index < -0.39 is 17.9 Å². The number of aromatic nitrogens is 1. The van der Waals surface area contributed by atoms with Crippen molar-refractivity contribution in [1.82, 2.24) is 10.3 Å². The number of anilines is 1. The van der Waals surface area contributed by atoms with Gasteiger partial charge in [-0.1, -0.05) is 66.7 Å². The Morgan fingerprint density at radius 1 is 0.769 bits per heavy atom. The first-order valence-corrected chi connectivity index (χ1v) is 8.29. The Bertz CT molecular complexity index is 856. The van der Waals surface area contributed by atoms with Gasteiger partial charge in [-0.25, -0.2) is 4.98 Å². The molecule has 130 valence electrons. The molecule has 0 bridgehead atoms. The van der Waals surface area contributed by atoms with Crippen LogP contribution in [-0.4, -0.2) is 16.8 Å². The average Bonchev–Trinajstić information content (AvgIpc) is 2.67. The van der Waals surface area contributed by atoms with Crippen molar-refractivity contribution in [2.45, 2.75) is 13.0 Å². The largest absolute Gasteiger partial charge is 0.337 e. The zero-order chi connectivity index (χ0) is 18.4. The molecule has 0 radical (unpaired) electrons. The molecule has 2 N–H and O–H groups in total. The van der Waals surface area contributed by atoms with Crippen molar-refractivity contribution in [2.24, 2.45) is 0 Å². The molecule has 3 rings (SSSR count). The Balaban J connectivity index is 1.78. The van der Waals surface area contributed by atoms with Crippen LogP contribution in [0, 0.1) is 6.92 Å². The van der Waals surface area contributed by atoms with Crippen molar-refractivity contribution >= 4 is 17.6 Å². The number of hydrogen-bond acceptors (Lipinski definition) is 3. The summed E-state index contributed by atoms with van der Waals surface area (Å²) in [5.74, 6) is -1.12. The summed E-state index contributed by atoms with van der Waals surface area (Å²) in [4.78, 5) is 28.9. The summed E-state index contributed by atoms with van der Waals surface area (Å²) >= 11 is 0. The molecule has 1 aromatic heterocycles. The Morgan fingerprint density at radius 2 is 1.35 bits per heavy atom. The van der Waals surface area contributed by atoms with Crippen molar-refractivity contribution < 1.29 is 9.59 Å². The fourth-order valence-electron chi connectivity index (χ4n) is 2.63. The molecule has 0 aliphatic heterocycles. The zero-order valence-corrected chi connectivity index (χ0v) is 14.3. The van der Waals surface area contributed by atoms with E-state index in [1.807, 2.05) is 73.7 Å². The number of carbonyl (C=O) groups is 2. The number of amides is 2. The van der Waals surface area contributed by atoms with Crippen LogP contribution in [0.25, 0.3) is 0 Å². The molecule has 0 aliphatic rings. The van der Waals surface area contributed by atoms with Gasteiger partial charge in [0, 0.05) is 5.69 Å². The third kappa shape index (κ3) is 4.33. The maximum Gasteiger partial charge on any atom is 0.314 e. The number of nitrogens with zero attached hydrogens (tertiary/aromatic N) is 1. The average molecular weight is 345 g/mol. The molecule has 0 unspecified atom stereocenters. The summed E-state index contributed by atoms with van der Waals surface area (Å²) < 4.78 is 0. The van der Waals surface area contributed by atoms with Gasteiger partial charge in [0.2, 0.25) is 0 Å². The van der Waals surface area contributed by atoms with Crippen LogP contribution in [0.3, 0.4) is 0 Å². The van der Waals surface area contributed by atoms with Crippen LogP contribution in [0.1, 0.15) is 22.9 Å². The van der Waals surface area contributed by atoms with Gasteiger partial charge in [0.05, 0.1) is 6.04 Å². The Kier molecular flexibility index (Phi) is 5.39. The van der Waals surface area contributed by atoms with Gasteiger partial charge in [-0.15, -0.1) is 0 Å². The molecule has 2 amide bonds. The van der Waals surface area contributed by atoms with Crippen LogP contribution >= 0.6 is 0 Å². The van der Waals surface area contributed by atoms with Crippen LogP contribution in [0.4, 0.5) is 5.82 Å². The van der Waals surface area contributed by atoms with Crippen LogP contribution < -0.4 is 10.6 Å². The van der Waals surface area contributed by atoms with Crippen molar-refractivity contribution in [1.29, 1.82) is 0 Å². The van der Waals surface area contributed by atoms with Crippen LogP contribution in [-0.2, 0) is 9.59 Å². The quantitative estimate of drug-likeness (QED) is 0.713. The van der Waals surface area contributed by atoms with Gasteiger partial charge in [-0.2, -0.15) is 0 Å². The number of hydrogen-bond donors (Lipinski definition) is 2. The highest BCUT2D eigenvalue weighted by atomic mass is 16.2. The highest BCUT2D eigenvalue weighted by Gasteiger charge is 2.21. The van der Waals surface area contributed by atoms with E-state index in [1.165, 1.54) is 0 Å². The third-order valence-electron chi connectivity index (χ3n) is 3.88. The number of nitrogens with one attached hydrogen (secondary N) is 2. The topological polar surface area (TPSA) is 71.1 Å². The molecule has 0 saturated carbocycles. The van der Waals surface area contributed by atoms with E-state index in [2.05, 4.69) is 15.6 Å². The Morgan fingerprint density at radius 3 is 1.88 bits per heavy atom. The first-order valence-electron chi connectivity index (χ1n) is 8.29. The predicted molar refractivity (Wildman–Crippen MR) is 100 cm³/mol. The van der Waals surface area contributed by atoms with Gasteiger partial charge in [-0.3, -0.25) is 9.59 Å². The van der Waals surface area contributed by atoms with E-state index >= 15 is 0 Å². The lowest BCUT2D eigenvalue weighted by Gasteiger charge is -2.19. The number of carbonyl (C=O) groups excluding carboxylic acids is 2. The SMILES string of the molecule is Cc1cccc(NC(=O)C(=O)NC(c2ccccc2)c2ccccc2)n1. The van der Waals surface area contributed by atoms with E-state index in [0.29, 0.717) is 5.82 Å². The summed E-state index contributed by atoms with van der Waals surface area (Å²) in [5.41, 5.74) is 2.55. The van der Waals surface area contributed by atoms with Gasteiger partial charge in [-0.05, 0) is 30.2 Å². The number of pyridine rings is 1. The number of rotatable bonds is 4. The fourth-order valence-corrected chi connectivity index (χ4v) is 2.63. The molecule has 0 aliphatic carbocycles. The molecule has 0 fully saturated rings. The lowest BCUT2D eigenvalue weighted by molar-refractivity contribution is -0.136. The van der Waals surface area contributed by atoms with E-state index in [-0.39, 0.29) is 0 Å². The maximum absolute atomic E-state index is 12.4. The molecular formula is C21H19N3O2. The van der Waals surface area contributed by atoms with E-state index in [4.69, 9.17) is 0 Å². The minimum absolute atomic E-state index is 0.348. The van der Waals surface area contributed by atoms with Gasteiger partial charge >= 0.3 is 11.8 Å². The van der Waals surface area contributed by atoms with Crippen LogP contribution in [0.5, 0.6) is 0 Å². The second kappa shape index (κ2) is 8.07. The lowest BCUT2D eigenvalue weighted by atomic mass is 9.99. The van der Waals surface area contributed by atoms with Crippen molar-refractivity contribution in [3.8, 4) is 0 Å². The normalized spacial score (nSPS) is 10.4. The summed E-state index contributed by atoms with van der Waals surface area (Å²) in [6.45, 7) is 1.82. The lowest BCUT2D eigenvalue weighted by Crippen LogP contribution is -2.38. The van der Waals surface area contributed by atoms with Gasteiger partial charge in [0.1, 0.15) is 5.82 Å². The Hall–Kier alpha value is -3.47. The summed E-state index contributed by atoms with van der Waals surface area (Å²) in [5, 5.41) is 5.33.